The standard InChI is InChI=1S/C15H36OSi2.C14H34OSi2.C13H32O2Si2/c1-15(2)16-18(6,7)14-12-10-8-9-11-13-17(3,4)5;1-7-15-17(5,6)14-12-10-8-9-11-13-16(2,3)4;1-15-17(4,5)12-10-8-6-7-9-11-16(2,3)13-14/h15H,8-14H2,1-7H3;7-14H2,1-6H3;14H,6-13H2,1-5H3. The van der Waals surface area contributed by atoms with Crippen LogP contribution in [0.5, 0.6) is 0 Å². The third-order valence-corrected chi connectivity index (χ3v) is 24.3. The molecule has 0 aliphatic rings. The summed E-state index contributed by atoms with van der Waals surface area (Å²) >= 11 is 0. The molecule has 1 N–H and O–H groups in total. The fourth-order valence-electron chi connectivity index (χ4n) is 6.50. The molecule has 0 atom stereocenters. The zero-order valence-electron chi connectivity index (χ0n) is 39.5. The summed E-state index contributed by atoms with van der Waals surface area (Å²) in [5.41, 5.74) is 0. The number of aliphatic hydroxyl groups is 1. The van der Waals surface area contributed by atoms with E-state index in [4.69, 9.17) is 13.3 Å². The predicted molar refractivity (Wildman–Crippen MR) is 257 cm³/mol. The lowest BCUT2D eigenvalue weighted by Crippen LogP contribution is -2.33. The van der Waals surface area contributed by atoms with E-state index in [1.165, 1.54) is 133 Å². The van der Waals surface area contributed by atoms with Crippen LogP contribution >= 0.6 is 0 Å². The van der Waals surface area contributed by atoms with Crippen molar-refractivity contribution >= 4 is 49.2 Å². The van der Waals surface area contributed by atoms with Gasteiger partial charge in [0.05, 0.1) is 8.07 Å². The molecule has 318 valence electrons. The third kappa shape index (κ3) is 47.3. The number of aliphatic hydroxyl groups excluding tert-OH is 1. The summed E-state index contributed by atoms with van der Waals surface area (Å²) in [4.78, 5) is 0. The monoisotopic (exact) mass is 839 g/mol. The lowest BCUT2D eigenvalue weighted by Gasteiger charge is -2.25. The normalized spacial score (nSPS) is 13.2. The number of rotatable bonds is 30. The summed E-state index contributed by atoms with van der Waals surface area (Å²) in [7, 11) is -4.91. The van der Waals surface area contributed by atoms with Gasteiger partial charge in [-0.2, -0.15) is 0 Å². The van der Waals surface area contributed by atoms with E-state index in [0.29, 0.717) is 12.3 Å². The van der Waals surface area contributed by atoms with Gasteiger partial charge in [-0.15, -0.1) is 0 Å². The molecular formula is C42H102O4Si6. The van der Waals surface area contributed by atoms with Crippen molar-refractivity contribution in [2.75, 3.05) is 19.9 Å². The summed E-state index contributed by atoms with van der Waals surface area (Å²) in [5.74, 6) is 0. The van der Waals surface area contributed by atoms with Gasteiger partial charge in [0.25, 0.3) is 0 Å². The molecule has 0 aliphatic carbocycles. The van der Waals surface area contributed by atoms with Crippen molar-refractivity contribution in [1.82, 2.24) is 0 Å². The summed E-state index contributed by atoms with van der Waals surface area (Å²) < 4.78 is 17.4. The minimum Gasteiger partial charge on any atom is -0.420 e. The maximum atomic E-state index is 9.20. The van der Waals surface area contributed by atoms with E-state index in [1.807, 2.05) is 7.11 Å². The van der Waals surface area contributed by atoms with Crippen molar-refractivity contribution in [3.63, 3.8) is 0 Å². The van der Waals surface area contributed by atoms with Crippen molar-refractivity contribution in [3.05, 3.63) is 0 Å². The molecule has 0 fully saturated rings. The molecule has 4 nitrogen and oxygen atoms in total. The number of hydrogen-bond donors (Lipinski definition) is 1. The van der Waals surface area contributed by atoms with Crippen LogP contribution < -0.4 is 0 Å². The van der Waals surface area contributed by atoms with Crippen molar-refractivity contribution in [2.45, 2.75) is 251 Å². The Morgan fingerprint density at radius 1 is 0.423 bits per heavy atom. The lowest BCUT2D eigenvalue weighted by atomic mass is 10.2. The first-order valence-corrected chi connectivity index (χ1v) is 42.4. The van der Waals surface area contributed by atoms with E-state index in [-0.39, 0.29) is 0 Å². The van der Waals surface area contributed by atoms with Gasteiger partial charge in [-0.25, -0.2) is 0 Å². The quantitative estimate of drug-likeness (QED) is 0.0578. The van der Waals surface area contributed by atoms with E-state index in [2.05, 4.69) is 112 Å². The van der Waals surface area contributed by atoms with Gasteiger partial charge in [0.15, 0.2) is 25.0 Å². The molecule has 0 radical (unpaired) electrons. The van der Waals surface area contributed by atoms with Crippen molar-refractivity contribution in [1.29, 1.82) is 0 Å². The molecule has 0 aromatic carbocycles. The molecular weight excluding hydrogens is 737 g/mol. The fraction of sp³-hybridized carbons (Fsp3) is 1.00. The van der Waals surface area contributed by atoms with Crippen LogP contribution in [-0.4, -0.2) is 80.3 Å². The zero-order valence-corrected chi connectivity index (χ0v) is 45.5. The average molecular weight is 840 g/mol. The van der Waals surface area contributed by atoms with E-state index in [1.54, 1.807) is 0 Å². The first-order valence-electron chi connectivity index (χ1n) is 22.2. The first-order chi connectivity index (χ1) is 23.7. The van der Waals surface area contributed by atoms with Gasteiger partial charge in [0.2, 0.25) is 0 Å². The molecule has 10 heteroatoms. The van der Waals surface area contributed by atoms with E-state index >= 15 is 0 Å². The molecule has 0 spiro atoms. The molecule has 0 aromatic rings. The molecule has 0 aromatic heterocycles. The molecule has 0 rings (SSSR count). The highest BCUT2D eigenvalue weighted by Crippen LogP contribution is 2.22. The van der Waals surface area contributed by atoms with Crippen LogP contribution in [0.3, 0.4) is 0 Å². The van der Waals surface area contributed by atoms with Gasteiger partial charge in [-0.3, -0.25) is 0 Å². The molecule has 52 heavy (non-hydrogen) atoms. The number of hydrogen-bond acceptors (Lipinski definition) is 4. The first kappa shape index (κ1) is 57.5. The van der Waals surface area contributed by atoms with Gasteiger partial charge >= 0.3 is 0 Å². The molecule has 0 unspecified atom stereocenters. The van der Waals surface area contributed by atoms with Crippen molar-refractivity contribution in [2.24, 2.45) is 0 Å². The predicted octanol–water partition coefficient (Wildman–Crippen LogP) is 15.5. The Bertz CT molecular complexity index is 772. The summed E-state index contributed by atoms with van der Waals surface area (Å²) in [6.07, 6.45) is 21.8. The van der Waals surface area contributed by atoms with Crippen LogP contribution in [0.2, 0.25) is 128 Å². The Balaban J connectivity index is -0.000000693. The van der Waals surface area contributed by atoms with Gasteiger partial charge in [0, 0.05) is 42.2 Å². The topological polar surface area (TPSA) is 47.9 Å². The number of unbranched alkanes of at least 4 members (excludes halogenated alkanes) is 12. The third-order valence-electron chi connectivity index (χ3n) is 10.1. The molecule has 0 saturated carbocycles. The van der Waals surface area contributed by atoms with E-state index in [0.717, 1.165) is 6.61 Å². The van der Waals surface area contributed by atoms with Gasteiger partial charge in [-0.05, 0) is 78.2 Å². The smallest absolute Gasteiger partial charge is 0.187 e. The van der Waals surface area contributed by atoms with Gasteiger partial charge in [-0.1, -0.05) is 167 Å². The minimum atomic E-state index is -1.36. The van der Waals surface area contributed by atoms with Crippen LogP contribution in [0.1, 0.15) is 117 Å². The minimum absolute atomic E-state index is 0.406. The Hall–Kier alpha value is 1.14. The van der Waals surface area contributed by atoms with Gasteiger partial charge < -0.3 is 18.4 Å². The molecule has 0 bridgehead atoms. The van der Waals surface area contributed by atoms with Crippen LogP contribution in [0.25, 0.3) is 0 Å². The summed E-state index contributed by atoms with van der Waals surface area (Å²) in [6, 6.07) is 8.26. The molecule has 0 aliphatic heterocycles. The maximum absolute atomic E-state index is 9.20. The zero-order chi connectivity index (χ0) is 41.0. The highest BCUT2D eigenvalue weighted by molar-refractivity contribution is 6.77. The van der Waals surface area contributed by atoms with Gasteiger partial charge in [0.1, 0.15) is 0 Å². The molecule has 0 amide bonds. The van der Waals surface area contributed by atoms with Crippen LogP contribution in [0, 0.1) is 0 Å². The van der Waals surface area contributed by atoms with Crippen LogP contribution in [-0.2, 0) is 13.3 Å². The highest BCUT2D eigenvalue weighted by Gasteiger charge is 2.23. The van der Waals surface area contributed by atoms with E-state index < -0.39 is 49.2 Å². The van der Waals surface area contributed by atoms with E-state index in [9.17, 15) is 5.11 Å². The van der Waals surface area contributed by atoms with Crippen molar-refractivity contribution < 1.29 is 18.4 Å². The lowest BCUT2D eigenvalue weighted by molar-refractivity contribution is 0.230. The van der Waals surface area contributed by atoms with Crippen molar-refractivity contribution in [3.8, 4) is 0 Å². The second kappa shape index (κ2) is 31.2. The summed E-state index contributed by atoms with van der Waals surface area (Å²) in [6.45, 7) is 40.7. The Morgan fingerprint density at radius 3 is 1.04 bits per heavy atom. The second-order valence-corrected chi connectivity index (χ2v) is 50.7. The maximum Gasteiger partial charge on any atom is 0.187 e. The molecule has 0 heterocycles. The van der Waals surface area contributed by atoms with Crippen LogP contribution in [0.15, 0.2) is 0 Å². The largest absolute Gasteiger partial charge is 0.420 e. The SMILES string of the molecule is CC(C)O[Si](C)(C)CCCCCCC[Si](C)(C)C.CCO[Si](C)(C)CCCCCCC[Si](C)(C)C.CO[Si](C)(C)CCCCCCC[Si](C)(C)CO. The average Bonchev–Trinajstić information content (AvgIpc) is 2.98. The Labute approximate surface area is 337 Å². The second-order valence-electron chi connectivity index (χ2n) is 21.3. The van der Waals surface area contributed by atoms with Crippen LogP contribution in [0.4, 0.5) is 0 Å². The Morgan fingerprint density at radius 2 is 0.731 bits per heavy atom. The summed E-state index contributed by atoms with van der Waals surface area (Å²) in [5, 5.41) is 9.20. The fourth-order valence-corrected chi connectivity index (χ4v) is 16.3. The highest BCUT2D eigenvalue weighted by atomic mass is 28.4. The molecule has 0 saturated heterocycles. The Kier molecular flexibility index (Phi) is 34.4.